The maximum Gasteiger partial charge on any atom is 0.416 e. The molecule has 4 rings (SSSR count). The number of hydrogen-bond donors (Lipinski definition) is 1. The highest BCUT2D eigenvalue weighted by molar-refractivity contribution is 5.95. The first-order chi connectivity index (χ1) is 13.4. The molecule has 0 saturated carbocycles. The number of carbonyl (C=O) groups excluding carboxylic acids is 1. The van der Waals surface area contributed by atoms with Gasteiger partial charge in [-0.3, -0.25) is 4.79 Å². The third-order valence-corrected chi connectivity index (χ3v) is 5.06. The van der Waals surface area contributed by atoms with Crippen molar-refractivity contribution in [3.8, 4) is 11.8 Å². The summed E-state index contributed by atoms with van der Waals surface area (Å²) in [6, 6.07) is 12.2. The van der Waals surface area contributed by atoms with Gasteiger partial charge in [-0.25, -0.2) is 0 Å². The van der Waals surface area contributed by atoms with Crippen LogP contribution in [0.2, 0.25) is 0 Å². The number of benzene rings is 2. The van der Waals surface area contributed by atoms with Gasteiger partial charge in [0.25, 0.3) is 5.91 Å². The summed E-state index contributed by atoms with van der Waals surface area (Å²) >= 11 is 0. The van der Waals surface area contributed by atoms with Gasteiger partial charge in [0.15, 0.2) is 0 Å². The molecule has 0 radical (unpaired) electrons. The van der Waals surface area contributed by atoms with Gasteiger partial charge in [0, 0.05) is 23.1 Å². The minimum atomic E-state index is -4.45. The van der Waals surface area contributed by atoms with Gasteiger partial charge in [-0.15, -0.1) is 0 Å². The summed E-state index contributed by atoms with van der Waals surface area (Å²) in [6.45, 7) is 1.96. The molecule has 6 heteroatoms. The molecule has 1 unspecified atom stereocenters. The van der Waals surface area contributed by atoms with E-state index in [1.54, 1.807) is 17.9 Å². The minimum Gasteiger partial charge on any atom is -0.356 e. The van der Waals surface area contributed by atoms with E-state index in [-0.39, 0.29) is 0 Å². The van der Waals surface area contributed by atoms with Crippen LogP contribution >= 0.6 is 0 Å². The van der Waals surface area contributed by atoms with Crippen LogP contribution in [0.3, 0.4) is 0 Å². The second-order valence-corrected chi connectivity index (χ2v) is 6.71. The van der Waals surface area contributed by atoms with Crippen molar-refractivity contribution in [3.05, 3.63) is 70.9 Å². The molecule has 1 amide bonds. The molecule has 3 nitrogen and oxygen atoms in total. The number of H-pyrrole nitrogens is 1. The Labute approximate surface area is 160 Å². The molecular formula is C22H17F3N2O. The zero-order valence-corrected chi connectivity index (χ0v) is 15.1. The van der Waals surface area contributed by atoms with Crippen molar-refractivity contribution in [1.82, 2.24) is 9.88 Å². The average Bonchev–Trinajstić information content (AvgIpc) is 3.05. The van der Waals surface area contributed by atoms with E-state index in [1.807, 2.05) is 24.3 Å². The Kier molecular flexibility index (Phi) is 4.38. The third kappa shape index (κ3) is 3.03. The zero-order valence-electron chi connectivity index (χ0n) is 15.1. The van der Waals surface area contributed by atoms with E-state index in [4.69, 9.17) is 0 Å². The number of halogens is 3. The van der Waals surface area contributed by atoms with Crippen molar-refractivity contribution in [1.29, 1.82) is 0 Å². The van der Waals surface area contributed by atoms with Gasteiger partial charge < -0.3 is 9.88 Å². The topological polar surface area (TPSA) is 36.1 Å². The van der Waals surface area contributed by atoms with Crippen LogP contribution in [-0.4, -0.2) is 22.3 Å². The van der Waals surface area contributed by atoms with Gasteiger partial charge in [0.1, 0.15) is 0 Å². The first-order valence-electron chi connectivity index (χ1n) is 8.90. The lowest BCUT2D eigenvalue weighted by molar-refractivity contribution is -0.137. The molecule has 3 aromatic rings. The number of aromatic nitrogens is 1. The van der Waals surface area contributed by atoms with Crippen LogP contribution in [0.25, 0.3) is 10.9 Å². The SMILES string of the molecule is CC#CC(=O)N1CCc2c([nH]c3ccccc23)C1c1cccc(C(F)(F)F)c1. The molecule has 2 aromatic carbocycles. The van der Waals surface area contributed by atoms with Crippen LogP contribution in [0.5, 0.6) is 0 Å². The van der Waals surface area contributed by atoms with Gasteiger partial charge in [0.05, 0.1) is 11.6 Å². The first-order valence-corrected chi connectivity index (χ1v) is 8.90. The van der Waals surface area contributed by atoms with Crippen LogP contribution in [0, 0.1) is 11.8 Å². The number of nitrogens with one attached hydrogen (secondary N) is 1. The lowest BCUT2D eigenvalue weighted by atomic mass is 9.91. The Morgan fingerprint density at radius 1 is 1.18 bits per heavy atom. The summed E-state index contributed by atoms with van der Waals surface area (Å²) in [6.07, 6.45) is -3.84. The van der Waals surface area contributed by atoms with Crippen molar-refractivity contribution in [2.45, 2.75) is 25.6 Å². The van der Waals surface area contributed by atoms with E-state index in [0.29, 0.717) is 18.5 Å². The highest BCUT2D eigenvalue weighted by Crippen LogP contribution is 2.40. The molecular weight excluding hydrogens is 365 g/mol. The largest absolute Gasteiger partial charge is 0.416 e. The fourth-order valence-corrected chi connectivity index (χ4v) is 3.87. The number of nitrogens with zero attached hydrogens (tertiary/aromatic N) is 1. The number of aromatic amines is 1. The second kappa shape index (κ2) is 6.75. The summed E-state index contributed by atoms with van der Waals surface area (Å²) in [5, 5.41) is 1.03. The molecule has 0 bridgehead atoms. The van der Waals surface area contributed by atoms with Crippen molar-refractivity contribution in [3.63, 3.8) is 0 Å². The molecule has 1 atom stereocenters. The van der Waals surface area contributed by atoms with Crippen molar-refractivity contribution in [2.75, 3.05) is 6.54 Å². The lowest BCUT2D eigenvalue weighted by Gasteiger charge is -2.35. The molecule has 1 aliphatic heterocycles. The predicted molar refractivity (Wildman–Crippen MR) is 100 cm³/mol. The molecule has 0 fully saturated rings. The molecule has 142 valence electrons. The Balaban J connectivity index is 1.92. The smallest absolute Gasteiger partial charge is 0.356 e. The van der Waals surface area contributed by atoms with Gasteiger partial charge >= 0.3 is 6.18 Å². The second-order valence-electron chi connectivity index (χ2n) is 6.71. The Morgan fingerprint density at radius 2 is 1.96 bits per heavy atom. The zero-order chi connectivity index (χ0) is 19.9. The van der Waals surface area contributed by atoms with E-state index in [9.17, 15) is 18.0 Å². The normalized spacial score (nSPS) is 16.4. The minimum absolute atomic E-state index is 0.392. The van der Waals surface area contributed by atoms with E-state index < -0.39 is 23.7 Å². The highest BCUT2D eigenvalue weighted by Gasteiger charge is 2.36. The molecule has 2 heterocycles. The predicted octanol–water partition coefficient (Wildman–Crippen LogP) is 4.68. The summed E-state index contributed by atoms with van der Waals surface area (Å²) in [4.78, 5) is 17.5. The molecule has 1 aliphatic rings. The number of alkyl halides is 3. The monoisotopic (exact) mass is 382 g/mol. The Hall–Kier alpha value is -3.20. The maximum atomic E-state index is 13.3. The first kappa shape index (κ1) is 18.2. The van der Waals surface area contributed by atoms with Gasteiger partial charge in [-0.05, 0) is 48.6 Å². The lowest BCUT2D eigenvalue weighted by Crippen LogP contribution is -2.40. The van der Waals surface area contributed by atoms with E-state index in [2.05, 4.69) is 16.8 Å². The van der Waals surface area contributed by atoms with Crippen LogP contribution in [0.15, 0.2) is 48.5 Å². The number of carbonyl (C=O) groups is 1. The number of hydrogen-bond acceptors (Lipinski definition) is 1. The molecule has 0 aliphatic carbocycles. The van der Waals surface area contributed by atoms with Gasteiger partial charge in [-0.1, -0.05) is 36.3 Å². The van der Waals surface area contributed by atoms with Gasteiger partial charge in [-0.2, -0.15) is 13.2 Å². The molecule has 28 heavy (non-hydrogen) atoms. The summed E-state index contributed by atoms with van der Waals surface area (Å²) in [7, 11) is 0. The van der Waals surface area contributed by atoms with E-state index in [0.717, 1.165) is 34.3 Å². The van der Waals surface area contributed by atoms with E-state index >= 15 is 0 Å². The Bertz CT molecular complexity index is 1120. The van der Waals surface area contributed by atoms with E-state index in [1.165, 1.54) is 6.07 Å². The van der Waals surface area contributed by atoms with Crippen molar-refractivity contribution < 1.29 is 18.0 Å². The summed E-state index contributed by atoms with van der Waals surface area (Å²) in [5.41, 5.74) is 2.36. The van der Waals surface area contributed by atoms with Crippen LogP contribution < -0.4 is 0 Å². The van der Waals surface area contributed by atoms with Crippen LogP contribution in [-0.2, 0) is 17.4 Å². The number of para-hydroxylation sites is 1. The maximum absolute atomic E-state index is 13.3. The molecule has 1 N–H and O–H groups in total. The van der Waals surface area contributed by atoms with Crippen LogP contribution in [0.1, 0.15) is 35.3 Å². The quantitative estimate of drug-likeness (QED) is 0.610. The third-order valence-electron chi connectivity index (χ3n) is 5.06. The molecule has 1 aromatic heterocycles. The average molecular weight is 382 g/mol. The van der Waals surface area contributed by atoms with Crippen molar-refractivity contribution in [2.24, 2.45) is 0 Å². The molecule has 0 spiro atoms. The summed E-state index contributed by atoms with van der Waals surface area (Å²) < 4.78 is 39.8. The summed E-state index contributed by atoms with van der Waals surface area (Å²) in [5.74, 6) is 4.72. The fourth-order valence-electron chi connectivity index (χ4n) is 3.87. The van der Waals surface area contributed by atoms with Gasteiger partial charge in [0.2, 0.25) is 0 Å². The Morgan fingerprint density at radius 3 is 2.71 bits per heavy atom. The van der Waals surface area contributed by atoms with Crippen LogP contribution in [0.4, 0.5) is 13.2 Å². The molecule has 0 saturated heterocycles. The number of amides is 1. The fraction of sp³-hybridized carbons (Fsp3) is 0.227. The number of rotatable bonds is 1. The van der Waals surface area contributed by atoms with Crippen molar-refractivity contribution >= 4 is 16.8 Å². The number of fused-ring (bicyclic) bond motifs is 3. The highest BCUT2D eigenvalue weighted by atomic mass is 19.4. The standard InChI is InChI=1S/C22H17F3N2O/c1-2-6-19(28)27-12-11-17-16-9-3-4-10-18(16)26-20(17)21(27)14-7-5-8-15(13-14)22(23,24)25/h3-5,7-10,13,21,26H,11-12H2,1H3.